The van der Waals surface area contributed by atoms with E-state index in [1.54, 1.807) is 127 Å². The normalized spacial score (nSPS) is 26.7. The van der Waals surface area contributed by atoms with Crippen LogP contribution in [0.1, 0.15) is 89.3 Å². The summed E-state index contributed by atoms with van der Waals surface area (Å²) in [5, 5.41) is 23.0. The number of ether oxygens (including phenoxy) is 18. The van der Waals surface area contributed by atoms with Crippen LogP contribution in [0.3, 0.4) is 0 Å². The number of aliphatic hydroxyl groups excluding tert-OH is 1. The molecule has 14 rings (SSSR count). The molecule has 0 aromatic heterocycles. The molecule has 4 amide bonds. The molecular weight excluding hydrogens is 1970 g/mol. The van der Waals surface area contributed by atoms with Gasteiger partial charge in [0.1, 0.15) is 71.6 Å². The molecule has 8 aromatic carbocycles. The second kappa shape index (κ2) is 44.4. The number of nitrogens with zero attached hydrogens (tertiary/aromatic N) is 2. The fourth-order valence-corrected chi connectivity index (χ4v) is 19.7. The maximum Gasteiger partial charge on any atom is 0.514 e. The molecule has 0 bridgehead atoms. The minimum absolute atomic E-state index is 0.000988. The maximum absolute atomic E-state index is 16.2. The number of carbonyl (C=O) groups excluding carboxylic acids is 9. The Balaban J connectivity index is 0.941. The molecule has 31 nitrogen and oxygen atoms in total. The first-order valence-electron chi connectivity index (χ1n) is 43.1. The average molecular weight is 2070 g/mol. The predicted octanol–water partition coefficient (Wildman–Crippen LogP) is 16.7. The number of aliphatic hydroxyl groups is 2. The molecule has 6 aliphatic heterocycles. The van der Waals surface area contributed by atoms with Crippen LogP contribution in [-0.2, 0) is 105 Å². The van der Waals surface area contributed by atoms with Gasteiger partial charge in [-0.2, -0.15) is 0 Å². The fraction of sp³-hybridized carbons (Fsp3) is 0.400. The summed E-state index contributed by atoms with van der Waals surface area (Å²) in [6.45, 7) is 13.6. The van der Waals surface area contributed by atoms with Crippen molar-refractivity contribution in [2.45, 2.75) is 214 Å². The van der Waals surface area contributed by atoms with Crippen LogP contribution < -0.4 is 14.2 Å². The van der Waals surface area contributed by atoms with Gasteiger partial charge in [0.25, 0.3) is 23.6 Å². The van der Waals surface area contributed by atoms with Gasteiger partial charge in [-0.05, 0) is 91.2 Å². The third-order valence-corrected chi connectivity index (χ3v) is 30.2. The molecule has 0 unspecified atom stereocenters. The first kappa shape index (κ1) is 103. The number of amides is 4. The number of imide groups is 2. The van der Waals surface area contributed by atoms with Crippen molar-refractivity contribution in [2.24, 2.45) is 0 Å². The van der Waals surface area contributed by atoms with E-state index in [9.17, 15) is 24.6 Å². The first-order chi connectivity index (χ1) is 64.7. The van der Waals surface area contributed by atoms with Gasteiger partial charge in [0.15, 0.2) is 61.8 Å². The SMILES string of the molecule is COc1ccc(COC[C@H]2O[C@@H](O[C@H]3[C@H](OCC[Si](C)(C)C)O[C@H](C(=O)Oc4ccccc4)[C@@](C)(O)[C@@H]3OC(=O)Oc3ccccc3)[C@H](N3C(=O)c4c(Cl)c(Cl)c(Cl)c(Cl)c4C3=O)[C@@H](OC(C)=O)[C@@H]2O[C@@H]2O[C@H](C)[C@@H](O[C@@H]3O[C@H](C(=O)OCC[Si](C)(C)C)[C@H](OCc4ccccc4)[C@H](OCc4ccccc4)[C@H]3OC(=O)c3ccccc3)[C@H](O)[C@H]2N2C(=O)c3c(Cl)c(Cl)c(Cl)c(Cl)c3C2=O)cc1. The molecule has 41 heteroatoms. The summed E-state index contributed by atoms with van der Waals surface area (Å²) >= 11 is 54.8. The number of benzene rings is 8. The summed E-state index contributed by atoms with van der Waals surface area (Å²) in [7, 11) is -2.69. The van der Waals surface area contributed by atoms with Gasteiger partial charge in [-0.25, -0.2) is 19.2 Å². The summed E-state index contributed by atoms with van der Waals surface area (Å²) in [5.41, 5.74) is -3.89. The summed E-state index contributed by atoms with van der Waals surface area (Å²) < 4.78 is 118. The minimum atomic E-state index is -2.86. The lowest BCUT2D eigenvalue weighted by Crippen LogP contribution is -2.73. The van der Waals surface area contributed by atoms with Gasteiger partial charge < -0.3 is 95.5 Å². The third kappa shape index (κ3) is 23.1. The van der Waals surface area contributed by atoms with Gasteiger partial charge in [0.2, 0.25) is 0 Å². The van der Waals surface area contributed by atoms with Gasteiger partial charge in [0.05, 0.1) is 114 Å². The highest BCUT2D eigenvalue weighted by Gasteiger charge is 2.66. The zero-order chi connectivity index (χ0) is 97.7. The number of fused-ring (bicyclic) bond motifs is 2. The van der Waals surface area contributed by atoms with E-state index < -0.39 is 261 Å². The third-order valence-electron chi connectivity index (χ3n) is 23.2. The van der Waals surface area contributed by atoms with Crippen molar-refractivity contribution < 1.29 is 139 Å². The molecule has 2 N–H and O–H groups in total. The molecule has 4 saturated heterocycles. The zero-order valence-electron chi connectivity index (χ0n) is 74.7. The van der Waals surface area contributed by atoms with E-state index in [1.807, 2.05) is 19.6 Å². The Morgan fingerprint density at radius 3 is 1.40 bits per heavy atom. The van der Waals surface area contributed by atoms with Crippen molar-refractivity contribution in [3.63, 3.8) is 0 Å². The van der Waals surface area contributed by atoms with Crippen molar-refractivity contribution in [2.75, 3.05) is 26.9 Å². The number of carbonyl (C=O) groups is 9. The molecule has 20 atom stereocenters. The van der Waals surface area contributed by atoms with E-state index in [0.29, 0.717) is 44.3 Å². The number of halogens is 8. The summed E-state index contributed by atoms with van der Waals surface area (Å²) in [5.74, 6) is -9.65. The van der Waals surface area contributed by atoms with Crippen molar-refractivity contribution in [3.05, 3.63) is 261 Å². The second-order valence-electron chi connectivity index (χ2n) is 35.3. The molecule has 6 aliphatic rings. The Kier molecular flexibility index (Phi) is 33.6. The topological polar surface area (TPSA) is 367 Å². The monoisotopic (exact) mass is 2060 g/mol. The zero-order valence-corrected chi connectivity index (χ0v) is 82.8. The average Bonchev–Trinajstić information content (AvgIpc) is 1.53. The lowest BCUT2D eigenvalue weighted by Gasteiger charge is -2.53. The lowest BCUT2D eigenvalue weighted by atomic mass is 9.85. The smallest absolute Gasteiger partial charge is 0.497 e. The molecule has 6 heterocycles. The first-order valence-corrected chi connectivity index (χ1v) is 53.6. The van der Waals surface area contributed by atoms with E-state index >= 15 is 28.8 Å². The van der Waals surface area contributed by atoms with Crippen molar-refractivity contribution >= 4 is 163 Å². The van der Waals surface area contributed by atoms with E-state index in [2.05, 4.69) is 19.6 Å². The van der Waals surface area contributed by atoms with Crippen LogP contribution in [-0.4, -0.2) is 239 Å². The highest BCUT2D eigenvalue weighted by Crippen LogP contribution is 2.51. The van der Waals surface area contributed by atoms with Gasteiger partial charge in [-0.15, -0.1) is 0 Å². The Bertz CT molecular complexity index is 5590. The van der Waals surface area contributed by atoms with E-state index in [0.717, 1.165) is 13.8 Å². The number of para-hydroxylation sites is 2. The molecule has 4 fully saturated rings. The van der Waals surface area contributed by atoms with Crippen molar-refractivity contribution in [1.82, 2.24) is 9.80 Å². The lowest BCUT2D eigenvalue weighted by molar-refractivity contribution is -0.382. The molecule has 0 radical (unpaired) electrons. The minimum Gasteiger partial charge on any atom is -0.497 e. The molecular formula is C95H96Cl8N2O29Si2. The number of hydrogen-bond donors (Lipinski definition) is 2. The Labute approximate surface area is 824 Å². The van der Waals surface area contributed by atoms with Gasteiger partial charge >= 0.3 is 30.0 Å². The van der Waals surface area contributed by atoms with Crippen LogP contribution in [0.2, 0.25) is 91.6 Å². The molecule has 0 saturated carbocycles. The maximum atomic E-state index is 16.2. The summed E-state index contributed by atoms with van der Waals surface area (Å²) in [4.78, 5) is 140. The largest absolute Gasteiger partial charge is 0.514 e. The summed E-state index contributed by atoms with van der Waals surface area (Å²) in [6.07, 6.45) is -37.1. The number of esters is 4. The number of hydrogen-bond acceptors (Lipinski definition) is 29. The van der Waals surface area contributed by atoms with Gasteiger partial charge in [-0.3, -0.25) is 33.8 Å². The quantitative estimate of drug-likeness (QED) is 0.00553. The standard InChI is InChI=1S/C95H96Cl8N2O29Si2/c1-48-73(129-93-79(128-87(112)53-30-20-13-21-31-53)77(122-46-51-28-18-12-19-29-51)76(121-45-50-26-16-11-17-27-50)78(131-93)88(113)119-40-42-135(5,6)7)72(107)70(104-83(108)58-59(84(104)109)63(97)67(101)66(100)62(58)96)90(123-48)130-74-57(47-118-44-52-36-38-54(117-4)39-37-52)127-91(71(75(74)124-49(2)106)105-85(110)60-61(86(105)111)65(99)69(103)68(102)64(60)98)132-80-81(134-94(115)126-56-34-24-15-25-35-56)95(3,116)82(89(114)125-55-32-22-14-23-33-55)133-92(80)120-41-43-136(8,9)10/h11-39,48,57,70-82,90-93,107,116H,40-47H2,1-10H3/t48-,57-,70-,71-,72-,73-,74-,75-,76-,77+,78+,79-,80-,81-,82-,90+,91+,92-,93-,95+/m1/s1. The summed E-state index contributed by atoms with van der Waals surface area (Å²) in [6, 6.07) is 43.0. The van der Waals surface area contributed by atoms with E-state index in [4.69, 9.17) is 178 Å². The van der Waals surface area contributed by atoms with Crippen LogP contribution in [0.25, 0.3) is 0 Å². The van der Waals surface area contributed by atoms with Crippen molar-refractivity contribution in [1.29, 1.82) is 0 Å². The predicted molar refractivity (Wildman–Crippen MR) is 500 cm³/mol. The highest BCUT2D eigenvalue weighted by atomic mass is 35.5. The van der Waals surface area contributed by atoms with Crippen LogP contribution in [0.5, 0.6) is 17.2 Å². The van der Waals surface area contributed by atoms with Crippen molar-refractivity contribution in [3.8, 4) is 17.2 Å². The van der Waals surface area contributed by atoms with Crippen LogP contribution >= 0.6 is 92.8 Å². The number of methoxy groups -OCH3 is 1. The van der Waals surface area contributed by atoms with Crippen LogP contribution in [0.15, 0.2) is 176 Å². The van der Waals surface area contributed by atoms with E-state index in [-0.39, 0.29) is 50.1 Å². The molecule has 8 aromatic rings. The molecule has 0 aliphatic carbocycles. The number of rotatable bonds is 34. The highest BCUT2D eigenvalue weighted by molar-refractivity contribution is 6.76. The second-order valence-corrected chi connectivity index (χ2v) is 49.6. The molecule has 724 valence electrons. The van der Waals surface area contributed by atoms with Crippen LogP contribution in [0, 0.1) is 0 Å². The Morgan fingerprint density at radius 1 is 0.441 bits per heavy atom. The Morgan fingerprint density at radius 2 is 0.897 bits per heavy atom. The van der Waals surface area contributed by atoms with Gasteiger partial charge in [0, 0.05) is 29.7 Å². The molecule has 0 spiro atoms. The Hall–Kier alpha value is -8.78. The fourth-order valence-electron chi connectivity index (χ4n) is 16.3. The van der Waals surface area contributed by atoms with E-state index in [1.165, 1.54) is 62.6 Å². The molecule has 136 heavy (non-hydrogen) atoms. The van der Waals surface area contributed by atoms with Crippen LogP contribution in [0.4, 0.5) is 4.79 Å². The van der Waals surface area contributed by atoms with Gasteiger partial charge in [-0.1, -0.05) is 259 Å².